The molecular weight excluding hydrogens is 314 g/mol. The number of hydrogen-bond acceptors (Lipinski definition) is 3. The van der Waals surface area contributed by atoms with Gasteiger partial charge in [-0.05, 0) is 48.9 Å². The zero-order valence-corrected chi connectivity index (χ0v) is 13.4. The maximum absolute atomic E-state index is 13.3. The number of rotatable bonds is 4. The highest BCUT2D eigenvalue weighted by molar-refractivity contribution is 5.92. The first-order valence-corrected chi connectivity index (χ1v) is 7.99. The van der Waals surface area contributed by atoms with Crippen LogP contribution in [0.3, 0.4) is 0 Å². The molecule has 7 heteroatoms. The van der Waals surface area contributed by atoms with Crippen molar-refractivity contribution < 1.29 is 13.6 Å². The van der Waals surface area contributed by atoms with E-state index in [1.807, 2.05) is 0 Å². The second-order valence-electron chi connectivity index (χ2n) is 6.20. The van der Waals surface area contributed by atoms with Crippen molar-refractivity contribution in [3.63, 3.8) is 0 Å². The highest BCUT2D eigenvalue weighted by Crippen LogP contribution is 2.20. The third-order valence-electron chi connectivity index (χ3n) is 4.28. The Bertz CT molecular complexity index is 723. The number of aryl methyl sites for hydroxylation is 1. The lowest BCUT2D eigenvalue weighted by Crippen LogP contribution is -2.50. The molecule has 3 rings (SSSR count). The molecule has 1 saturated heterocycles. The van der Waals surface area contributed by atoms with Crippen LogP contribution >= 0.6 is 0 Å². The van der Waals surface area contributed by atoms with Gasteiger partial charge >= 0.3 is 0 Å². The van der Waals surface area contributed by atoms with Crippen molar-refractivity contribution in [3.05, 3.63) is 53.4 Å². The summed E-state index contributed by atoms with van der Waals surface area (Å²) in [5.74, 6) is -1.50. The summed E-state index contributed by atoms with van der Waals surface area (Å²) < 4.78 is 27.8. The molecule has 1 amide bonds. The van der Waals surface area contributed by atoms with Gasteiger partial charge in [0, 0.05) is 19.8 Å². The molecule has 1 aliphatic rings. The summed E-state index contributed by atoms with van der Waals surface area (Å²) in [4.78, 5) is 12.1. The highest BCUT2D eigenvalue weighted by Gasteiger charge is 2.23. The Morgan fingerprint density at radius 1 is 1.33 bits per heavy atom. The number of nitrogens with one attached hydrogen (secondary N) is 2. The molecule has 0 spiro atoms. The summed E-state index contributed by atoms with van der Waals surface area (Å²) in [5, 5.41) is 10.3. The van der Waals surface area contributed by atoms with Gasteiger partial charge < -0.3 is 5.32 Å². The van der Waals surface area contributed by atoms with E-state index in [4.69, 9.17) is 0 Å². The highest BCUT2D eigenvalue weighted by atomic mass is 19.2. The van der Waals surface area contributed by atoms with Gasteiger partial charge in [0.2, 0.25) is 0 Å². The molecule has 0 radical (unpaired) electrons. The van der Waals surface area contributed by atoms with Crippen molar-refractivity contribution >= 4 is 5.91 Å². The van der Waals surface area contributed by atoms with Crippen molar-refractivity contribution in [2.45, 2.75) is 25.4 Å². The zero-order chi connectivity index (χ0) is 17.1. The van der Waals surface area contributed by atoms with Crippen LogP contribution in [0.1, 0.15) is 28.9 Å². The van der Waals surface area contributed by atoms with E-state index in [0.29, 0.717) is 24.6 Å². The number of halogens is 2. The normalized spacial score (nSPS) is 20.8. The van der Waals surface area contributed by atoms with Gasteiger partial charge in [-0.2, -0.15) is 5.10 Å². The Kier molecular flexibility index (Phi) is 4.89. The van der Waals surface area contributed by atoms with E-state index < -0.39 is 11.6 Å². The second-order valence-corrected chi connectivity index (χ2v) is 6.20. The Morgan fingerprint density at radius 3 is 2.79 bits per heavy atom. The minimum absolute atomic E-state index is 0.0966. The molecule has 0 saturated carbocycles. The molecular formula is C17H20F2N4O. The van der Waals surface area contributed by atoms with Crippen LogP contribution in [0.4, 0.5) is 8.78 Å². The van der Waals surface area contributed by atoms with Crippen LogP contribution in [0.5, 0.6) is 0 Å². The number of piperidine rings is 1. The van der Waals surface area contributed by atoms with E-state index in [1.165, 1.54) is 6.07 Å². The minimum atomic E-state index is -0.821. The molecule has 2 atom stereocenters. The van der Waals surface area contributed by atoms with Gasteiger partial charge in [0.1, 0.15) is 5.69 Å². The van der Waals surface area contributed by atoms with Gasteiger partial charge in [-0.15, -0.1) is 0 Å². The molecule has 2 N–H and O–H groups in total. The molecule has 5 nitrogen and oxygen atoms in total. The quantitative estimate of drug-likeness (QED) is 0.899. The van der Waals surface area contributed by atoms with Crippen LogP contribution in [-0.2, 0) is 13.5 Å². The van der Waals surface area contributed by atoms with Crippen molar-refractivity contribution in [3.8, 4) is 0 Å². The Labute approximate surface area is 139 Å². The zero-order valence-electron chi connectivity index (χ0n) is 13.4. The number of aromatic nitrogens is 2. The number of carbonyl (C=O) groups excluding carboxylic acids is 1. The molecule has 1 aliphatic heterocycles. The molecule has 2 unspecified atom stereocenters. The Morgan fingerprint density at radius 2 is 2.17 bits per heavy atom. The molecule has 1 aromatic heterocycles. The largest absolute Gasteiger partial charge is 0.335 e. The molecule has 1 fully saturated rings. The molecule has 2 heterocycles. The lowest BCUT2D eigenvalue weighted by Gasteiger charge is -2.30. The average Bonchev–Trinajstić information content (AvgIpc) is 2.99. The van der Waals surface area contributed by atoms with Crippen LogP contribution in [0.2, 0.25) is 0 Å². The Balaban J connectivity index is 1.48. The fourth-order valence-corrected chi connectivity index (χ4v) is 2.98. The number of hydrogen-bond donors (Lipinski definition) is 2. The third-order valence-corrected chi connectivity index (χ3v) is 4.28. The number of carbonyl (C=O) groups is 1. The maximum atomic E-state index is 13.3. The number of amides is 1. The van der Waals surface area contributed by atoms with Gasteiger partial charge in [0.05, 0.1) is 6.17 Å². The predicted octanol–water partition coefficient (Wildman–Crippen LogP) is 2.00. The van der Waals surface area contributed by atoms with E-state index in [2.05, 4.69) is 15.7 Å². The van der Waals surface area contributed by atoms with Crippen molar-refractivity contribution in [2.75, 3.05) is 6.54 Å². The van der Waals surface area contributed by atoms with Gasteiger partial charge in [-0.25, -0.2) is 8.78 Å². The van der Waals surface area contributed by atoms with Crippen LogP contribution in [0, 0.1) is 17.6 Å². The average molecular weight is 334 g/mol. The summed E-state index contributed by atoms with van der Waals surface area (Å²) in [6.45, 7) is 0.714. The van der Waals surface area contributed by atoms with E-state index >= 15 is 0 Å². The van der Waals surface area contributed by atoms with Crippen molar-refractivity contribution in [2.24, 2.45) is 13.0 Å². The van der Waals surface area contributed by atoms with Crippen molar-refractivity contribution in [1.82, 2.24) is 20.4 Å². The first-order valence-electron chi connectivity index (χ1n) is 7.99. The van der Waals surface area contributed by atoms with Gasteiger partial charge in [-0.3, -0.25) is 14.8 Å². The van der Waals surface area contributed by atoms with E-state index in [9.17, 15) is 13.6 Å². The minimum Gasteiger partial charge on any atom is -0.335 e. The molecule has 0 aliphatic carbocycles. The van der Waals surface area contributed by atoms with Crippen LogP contribution < -0.4 is 10.6 Å². The molecule has 128 valence electrons. The lowest BCUT2D eigenvalue weighted by molar-refractivity contribution is 0.0908. The topological polar surface area (TPSA) is 59.0 Å². The van der Waals surface area contributed by atoms with Gasteiger partial charge in [-0.1, -0.05) is 6.07 Å². The maximum Gasteiger partial charge on any atom is 0.272 e. The molecule has 2 aromatic rings. The molecule has 1 aromatic carbocycles. The summed E-state index contributed by atoms with van der Waals surface area (Å²) in [7, 11) is 1.76. The van der Waals surface area contributed by atoms with Crippen LogP contribution in [-0.4, -0.2) is 28.4 Å². The first-order chi connectivity index (χ1) is 11.5. The monoisotopic (exact) mass is 334 g/mol. The third kappa shape index (κ3) is 3.97. The SMILES string of the molecule is Cn1ccc(C(=O)NC2CCC(Cc3ccc(F)c(F)c3)CN2)n1. The van der Waals surface area contributed by atoms with E-state index in [-0.39, 0.29) is 12.1 Å². The lowest BCUT2D eigenvalue weighted by atomic mass is 9.91. The summed E-state index contributed by atoms with van der Waals surface area (Å²) in [5.41, 5.74) is 1.18. The van der Waals surface area contributed by atoms with Gasteiger partial charge in [0.25, 0.3) is 5.91 Å². The second kappa shape index (κ2) is 7.09. The van der Waals surface area contributed by atoms with Crippen molar-refractivity contribution in [1.29, 1.82) is 0 Å². The summed E-state index contributed by atoms with van der Waals surface area (Å²) in [6.07, 6.45) is 4.00. The van der Waals surface area contributed by atoms with E-state index in [1.54, 1.807) is 30.1 Å². The first kappa shape index (κ1) is 16.6. The summed E-state index contributed by atoms with van der Waals surface area (Å²) in [6, 6.07) is 5.71. The summed E-state index contributed by atoms with van der Waals surface area (Å²) >= 11 is 0. The van der Waals surface area contributed by atoms with E-state index in [0.717, 1.165) is 24.5 Å². The fourth-order valence-electron chi connectivity index (χ4n) is 2.98. The molecule has 0 bridgehead atoms. The number of nitrogens with zero attached hydrogens (tertiary/aromatic N) is 2. The fraction of sp³-hybridized carbons (Fsp3) is 0.412. The predicted molar refractivity (Wildman–Crippen MR) is 85.3 cm³/mol. The van der Waals surface area contributed by atoms with Crippen LogP contribution in [0.15, 0.2) is 30.5 Å². The standard InChI is InChI=1S/C17H20F2N4O/c1-23-7-6-15(22-23)17(24)21-16-5-3-12(10-20-16)8-11-2-4-13(18)14(19)9-11/h2,4,6-7,9,12,16,20H,3,5,8,10H2,1H3,(H,21,24). The smallest absolute Gasteiger partial charge is 0.272 e. The van der Waals surface area contributed by atoms with Gasteiger partial charge in [0.15, 0.2) is 11.6 Å². The molecule has 24 heavy (non-hydrogen) atoms. The number of benzene rings is 1. The Hall–Kier alpha value is -2.28. The van der Waals surface area contributed by atoms with Crippen LogP contribution in [0.25, 0.3) is 0 Å².